The Bertz CT molecular complexity index is 1220. The number of piperazine rings is 1. The van der Waals surface area contributed by atoms with E-state index >= 15 is 0 Å². The molecule has 1 aromatic heterocycles. The summed E-state index contributed by atoms with van der Waals surface area (Å²) in [6.07, 6.45) is -4.39. The lowest BCUT2D eigenvalue weighted by Crippen LogP contribution is -2.47. The molecule has 2 fully saturated rings. The van der Waals surface area contributed by atoms with Gasteiger partial charge in [0, 0.05) is 65.5 Å². The molecule has 8 nitrogen and oxygen atoms in total. The van der Waals surface area contributed by atoms with Crippen molar-refractivity contribution in [3.8, 4) is 0 Å². The molecule has 4 rings (SSSR count). The third kappa shape index (κ3) is 9.06. The van der Waals surface area contributed by atoms with Gasteiger partial charge in [0.1, 0.15) is 11.9 Å². The topological polar surface area (TPSA) is 63.2 Å². The molecule has 0 unspecified atom stereocenters. The van der Waals surface area contributed by atoms with Gasteiger partial charge in [-0.2, -0.15) is 13.2 Å². The summed E-state index contributed by atoms with van der Waals surface area (Å²) in [6.45, 7) is 14.9. The van der Waals surface area contributed by atoms with Gasteiger partial charge in [-0.3, -0.25) is 19.4 Å². The predicted molar refractivity (Wildman–Crippen MR) is 169 cm³/mol. The number of likely N-dealkylation sites (N-methyl/N-ethyl adjacent to an activating group) is 3. The molecule has 43 heavy (non-hydrogen) atoms. The van der Waals surface area contributed by atoms with Crippen molar-refractivity contribution in [2.45, 2.75) is 59.7 Å². The van der Waals surface area contributed by atoms with Gasteiger partial charge in [-0.1, -0.05) is 45.4 Å². The highest BCUT2D eigenvalue weighted by Gasteiger charge is 2.41. The highest BCUT2D eigenvalue weighted by Crippen LogP contribution is 2.38. The minimum Gasteiger partial charge on any atom is -0.370 e. The molecule has 2 aliphatic heterocycles. The Labute approximate surface area is 259 Å². The van der Waals surface area contributed by atoms with Crippen molar-refractivity contribution >= 4 is 40.6 Å². The van der Waals surface area contributed by atoms with Gasteiger partial charge in [-0.25, -0.2) is 4.98 Å². The summed E-state index contributed by atoms with van der Waals surface area (Å²) in [5.41, 5.74) is 0.426. The second-order valence-electron chi connectivity index (χ2n) is 10.2. The molecule has 1 aromatic carbocycles. The number of aromatic nitrogens is 1. The first kappa shape index (κ1) is 36.3. The van der Waals surface area contributed by atoms with Crippen molar-refractivity contribution in [3.63, 3.8) is 0 Å². The number of benzene rings is 1. The number of halogens is 4. The molecule has 2 aromatic rings. The number of nitrogens with zero attached hydrogens (tertiary/aromatic N) is 6. The van der Waals surface area contributed by atoms with Crippen molar-refractivity contribution < 1.29 is 22.8 Å². The Hall–Kier alpha value is -2.89. The molecule has 0 spiro atoms. The molecule has 1 atom stereocenters. The van der Waals surface area contributed by atoms with E-state index in [-0.39, 0.29) is 24.4 Å². The molecule has 0 radical (unpaired) electrons. The van der Waals surface area contributed by atoms with E-state index in [0.29, 0.717) is 22.9 Å². The normalized spacial score (nSPS) is 17.5. The van der Waals surface area contributed by atoms with Gasteiger partial charge in [-0.05, 0) is 44.7 Å². The van der Waals surface area contributed by atoms with Gasteiger partial charge < -0.3 is 14.7 Å². The SMILES string of the molecule is CC.CC.Cc1cc(C(F)(F)F)cc(N2C(=O)CC[C@H]2C(=O)N(C)c2cccc(Cl)c2N(C)CCN2CCN(C)CC2)n1. The Balaban J connectivity index is 0.00000155. The molecule has 0 bridgehead atoms. The first-order valence-electron chi connectivity index (χ1n) is 14.9. The van der Waals surface area contributed by atoms with Crippen LogP contribution >= 0.6 is 11.6 Å². The van der Waals surface area contributed by atoms with Gasteiger partial charge >= 0.3 is 6.18 Å². The number of carbonyl (C=O) groups is 2. The number of para-hydroxylation sites is 1. The van der Waals surface area contributed by atoms with E-state index in [9.17, 15) is 22.8 Å². The smallest absolute Gasteiger partial charge is 0.370 e. The summed E-state index contributed by atoms with van der Waals surface area (Å²) in [5, 5.41) is 0.475. The van der Waals surface area contributed by atoms with Crippen molar-refractivity contribution in [3.05, 3.63) is 46.6 Å². The fourth-order valence-corrected chi connectivity index (χ4v) is 5.43. The number of anilines is 3. The van der Waals surface area contributed by atoms with Crippen LogP contribution < -0.4 is 14.7 Å². The maximum atomic E-state index is 13.8. The lowest BCUT2D eigenvalue weighted by molar-refractivity contribution is -0.137. The summed E-state index contributed by atoms with van der Waals surface area (Å²) < 4.78 is 40.4. The number of hydrogen-bond donors (Lipinski definition) is 0. The molecule has 2 saturated heterocycles. The van der Waals surface area contributed by atoms with Gasteiger partial charge in [0.2, 0.25) is 11.8 Å². The summed E-state index contributed by atoms with van der Waals surface area (Å²) >= 11 is 6.62. The molecule has 2 aliphatic rings. The quantitative estimate of drug-likeness (QED) is 0.378. The van der Waals surface area contributed by atoms with Crippen molar-refractivity contribution in [1.82, 2.24) is 14.8 Å². The van der Waals surface area contributed by atoms with E-state index in [1.54, 1.807) is 25.2 Å². The van der Waals surface area contributed by atoms with Crippen molar-refractivity contribution in [2.75, 3.05) is 75.1 Å². The van der Waals surface area contributed by atoms with Gasteiger partial charge in [-0.15, -0.1) is 0 Å². The van der Waals surface area contributed by atoms with E-state index in [1.165, 1.54) is 11.8 Å². The monoisotopic (exact) mass is 626 g/mol. The van der Waals surface area contributed by atoms with E-state index in [0.717, 1.165) is 49.8 Å². The molecule has 3 heterocycles. The fraction of sp³-hybridized carbons (Fsp3) is 0.581. The Morgan fingerprint density at radius 3 is 2.30 bits per heavy atom. The van der Waals surface area contributed by atoms with Crippen molar-refractivity contribution in [1.29, 1.82) is 0 Å². The maximum Gasteiger partial charge on any atom is 0.416 e. The maximum absolute atomic E-state index is 13.8. The standard InChI is InChI=1S/C27H34ClF3N6O2.2C2H6/c1-18-16-19(27(29,30)31)17-23(32-18)37-22(8-9-24(37)38)26(39)35(4)21-7-5-6-20(28)25(21)34(3)12-15-36-13-10-33(2)11-14-36;2*1-2/h5-7,16-17,22H,8-15H2,1-4H3;2*1-2H3/t22-;;/m0../s1. The zero-order valence-electron chi connectivity index (χ0n) is 26.6. The van der Waals surface area contributed by atoms with Crippen LogP contribution in [0.25, 0.3) is 0 Å². The van der Waals surface area contributed by atoms with Crippen LogP contribution in [0.2, 0.25) is 5.02 Å². The van der Waals surface area contributed by atoms with Gasteiger partial charge in [0.15, 0.2) is 0 Å². The van der Waals surface area contributed by atoms with Crippen LogP contribution in [0.15, 0.2) is 30.3 Å². The summed E-state index contributed by atoms with van der Waals surface area (Å²) in [6, 6.07) is 6.04. The first-order valence-corrected chi connectivity index (χ1v) is 15.3. The molecule has 0 N–H and O–H groups in total. The van der Waals surface area contributed by atoms with Crippen LogP contribution in [0.5, 0.6) is 0 Å². The van der Waals surface area contributed by atoms with Crippen LogP contribution in [0.3, 0.4) is 0 Å². The van der Waals surface area contributed by atoms with Crippen LogP contribution in [0.4, 0.5) is 30.4 Å². The third-order valence-electron chi connectivity index (χ3n) is 7.40. The number of rotatable bonds is 7. The highest BCUT2D eigenvalue weighted by molar-refractivity contribution is 6.34. The second kappa shape index (κ2) is 16.3. The third-order valence-corrected chi connectivity index (χ3v) is 7.70. The molecular weight excluding hydrogens is 581 g/mol. The Morgan fingerprint density at radius 2 is 1.70 bits per heavy atom. The van der Waals surface area contributed by atoms with Crippen LogP contribution in [-0.4, -0.2) is 93.1 Å². The summed E-state index contributed by atoms with van der Waals surface area (Å²) in [7, 11) is 5.62. The van der Waals surface area contributed by atoms with E-state index in [4.69, 9.17) is 11.6 Å². The average molecular weight is 627 g/mol. The molecular formula is C31H46ClF3N6O2. The number of alkyl halides is 3. The summed E-state index contributed by atoms with van der Waals surface area (Å²) in [5.74, 6) is -1.04. The molecule has 240 valence electrons. The average Bonchev–Trinajstić information content (AvgIpc) is 3.38. The summed E-state index contributed by atoms with van der Waals surface area (Å²) in [4.78, 5) is 40.0. The minimum absolute atomic E-state index is 0.0363. The van der Waals surface area contributed by atoms with E-state index in [2.05, 4.69) is 21.8 Å². The second-order valence-corrected chi connectivity index (χ2v) is 10.6. The Morgan fingerprint density at radius 1 is 1.07 bits per heavy atom. The molecule has 0 saturated carbocycles. The largest absolute Gasteiger partial charge is 0.416 e. The minimum atomic E-state index is -4.61. The van der Waals surface area contributed by atoms with Crippen LogP contribution in [0.1, 0.15) is 51.8 Å². The van der Waals surface area contributed by atoms with Crippen molar-refractivity contribution in [2.24, 2.45) is 0 Å². The number of pyridine rings is 1. The number of hydrogen-bond acceptors (Lipinski definition) is 6. The van der Waals surface area contributed by atoms with Gasteiger partial charge in [0.25, 0.3) is 0 Å². The lowest BCUT2D eigenvalue weighted by Gasteiger charge is -2.35. The van der Waals surface area contributed by atoms with Crippen LogP contribution in [-0.2, 0) is 15.8 Å². The number of amides is 2. The number of carbonyl (C=O) groups excluding carboxylic acids is 2. The lowest BCUT2D eigenvalue weighted by atomic mass is 10.1. The van der Waals surface area contributed by atoms with Crippen LogP contribution in [0, 0.1) is 6.92 Å². The Kier molecular flexibility index (Phi) is 13.7. The predicted octanol–water partition coefficient (Wildman–Crippen LogP) is 5.96. The zero-order chi connectivity index (χ0) is 32.5. The highest BCUT2D eigenvalue weighted by atomic mass is 35.5. The fourth-order valence-electron chi connectivity index (χ4n) is 5.11. The molecule has 2 amide bonds. The number of aryl methyl sites for hydroxylation is 1. The first-order chi connectivity index (χ1) is 20.4. The molecule has 0 aliphatic carbocycles. The van der Waals surface area contributed by atoms with Gasteiger partial charge in [0.05, 0.1) is 22.0 Å². The van der Waals surface area contributed by atoms with E-state index < -0.39 is 29.6 Å². The molecule has 12 heteroatoms. The van der Waals surface area contributed by atoms with E-state index in [1.807, 2.05) is 39.6 Å². The zero-order valence-corrected chi connectivity index (χ0v) is 27.4.